The number of hydrogen-bond acceptors (Lipinski definition) is 4. The van der Waals surface area contributed by atoms with Crippen LogP contribution in [0.1, 0.15) is 27.7 Å². The number of anilines is 2. The summed E-state index contributed by atoms with van der Waals surface area (Å²) in [6, 6.07) is 17.5. The number of halogens is 2. The first-order valence-corrected chi connectivity index (χ1v) is 9.92. The molecule has 0 saturated carbocycles. The first-order valence-electron chi connectivity index (χ1n) is 8.75. The molecule has 3 aromatic carbocycles. The minimum atomic E-state index is -0.631. The van der Waals surface area contributed by atoms with Crippen LogP contribution in [0.2, 0.25) is 5.02 Å². The van der Waals surface area contributed by atoms with Gasteiger partial charge in [-0.15, -0.1) is 0 Å². The summed E-state index contributed by atoms with van der Waals surface area (Å²) in [5, 5.41) is 14.8. The molecule has 6 nitrogen and oxygen atoms in total. The van der Waals surface area contributed by atoms with E-state index >= 15 is 0 Å². The number of benzene rings is 3. The molecule has 1 aliphatic rings. The largest absolute Gasteiger partial charge is 0.360 e. The van der Waals surface area contributed by atoms with Crippen molar-refractivity contribution >= 4 is 50.5 Å². The summed E-state index contributed by atoms with van der Waals surface area (Å²) < 4.78 is 0.788. The van der Waals surface area contributed by atoms with Crippen molar-refractivity contribution in [3.63, 3.8) is 0 Å². The molecule has 0 radical (unpaired) electrons. The number of carbonyl (C=O) groups is 1. The van der Waals surface area contributed by atoms with Crippen molar-refractivity contribution in [1.82, 2.24) is 0 Å². The topological polar surface area (TPSA) is 75.5 Å². The number of nitrogens with one attached hydrogen (secondary N) is 1. The van der Waals surface area contributed by atoms with Crippen molar-refractivity contribution in [2.24, 2.45) is 0 Å². The summed E-state index contributed by atoms with van der Waals surface area (Å²) >= 11 is 9.39. The van der Waals surface area contributed by atoms with Gasteiger partial charge in [-0.1, -0.05) is 45.7 Å². The molecule has 0 fully saturated rings. The second-order valence-electron chi connectivity index (χ2n) is 6.72. The predicted molar refractivity (Wildman–Crippen MR) is 117 cm³/mol. The molecule has 0 unspecified atom stereocenters. The second kappa shape index (κ2) is 7.50. The maximum absolute atomic E-state index is 13.5. The highest BCUT2D eigenvalue weighted by atomic mass is 79.9. The number of carbonyl (C=O) groups excluding carboxylic acids is 1. The molecule has 4 rings (SSSR count). The molecule has 146 valence electrons. The van der Waals surface area contributed by atoms with Gasteiger partial charge in [0.15, 0.2) is 0 Å². The average molecular weight is 473 g/mol. The van der Waals surface area contributed by atoms with Gasteiger partial charge in [-0.05, 0) is 48.9 Å². The number of rotatable bonds is 3. The molecular formula is C21H15BrClN3O3. The minimum absolute atomic E-state index is 0.0484. The van der Waals surface area contributed by atoms with Crippen LogP contribution in [0.25, 0.3) is 0 Å². The van der Waals surface area contributed by atoms with E-state index in [2.05, 4.69) is 21.2 Å². The van der Waals surface area contributed by atoms with Gasteiger partial charge < -0.3 is 5.32 Å². The Hall–Kier alpha value is -2.90. The van der Waals surface area contributed by atoms with E-state index in [-0.39, 0.29) is 16.6 Å². The standard InChI is InChI=1S/C21H15BrClN3O3/c1-12-3-2-4-15(9-12)25-20(13-5-7-17(23)19(10-13)26(28)29)24-18-8-6-14(22)11-16(18)21(25)27/h2-11,20,24H,1H3/t20-/m0/s1. The molecule has 0 aromatic heterocycles. The van der Waals surface area contributed by atoms with Crippen LogP contribution in [0.3, 0.4) is 0 Å². The third kappa shape index (κ3) is 3.59. The van der Waals surface area contributed by atoms with Crippen LogP contribution in [-0.4, -0.2) is 10.8 Å². The highest BCUT2D eigenvalue weighted by Gasteiger charge is 2.35. The molecule has 0 saturated heterocycles. The number of nitrogens with zero attached hydrogens (tertiary/aromatic N) is 2. The summed E-state index contributed by atoms with van der Waals surface area (Å²) in [5.41, 5.74) is 3.21. The van der Waals surface area contributed by atoms with Gasteiger partial charge in [-0.3, -0.25) is 19.8 Å². The van der Waals surface area contributed by atoms with Crippen LogP contribution in [0.15, 0.2) is 65.1 Å². The van der Waals surface area contributed by atoms with Crippen LogP contribution < -0.4 is 10.2 Å². The van der Waals surface area contributed by atoms with E-state index in [9.17, 15) is 14.9 Å². The fourth-order valence-corrected chi connectivity index (χ4v) is 3.94. The Kier molecular flexibility index (Phi) is 5.02. The fourth-order valence-electron chi connectivity index (χ4n) is 3.39. The molecular weight excluding hydrogens is 458 g/mol. The van der Waals surface area contributed by atoms with Gasteiger partial charge in [0.05, 0.1) is 10.5 Å². The van der Waals surface area contributed by atoms with E-state index in [1.54, 1.807) is 17.0 Å². The molecule has 0 bridgehead atoms. The second-order valence-corrected chi connectivity index (χ2v) is 8.04. The number of nitro benzene ring substituents is 1. The van der Waals surface area contributed by atoms with Crippen LogP contribution in [-0.2, 0) is 0 Å². The molecule has 1 aliphatic heterocycles. The molecule has 1 atom stereocenters. The van der Waals surface area contributed by atoms with Crippen molar-refractivity contribution < 1.29 is 9.72 Å². The Labute approximate surface area is 180 Å². The minimum Gasteiger partial charge on any atom is -0.360 e. The Morgan fingerprint density at radius 1 is 1.14 bits per heavy atom. The molecule has 1 amide bonds. The van der Waals surface area contributed by atoms with Gasteiger partial charge in [-0.25, -0.2) is 0 Å². The van der Waals surface area contributed by atoms with Crippen molar-refractivity contribution in [3.05, 3.63) is 97.0 Å². The van der Waals surface area contributed by atoms with Gasteiger partial charge in [0.2, 0.25) is 0 Å². The van der Waals surface area contributed by atoms with E-state index in [4.69, 9.17) is 11.6 Å². The molecule has 0 aliphatic carbocycles. The number of amides is 1. The normalized spacial score (nSPS) is 15.6. The maximum Gasteiger partial charge on any atom is 0.288 e. The number of fused-ring (bicyclic) bond motifs is 1. The molecule has 1 N–H and O–H groups in total. The molecule has 0 spiro atoms. The maximum atomic E-state index is 13.5. The van der Waals surface area contributed by atoms with Gasteiger partial charge in [-0.2, -0.15) is 0 Å². The first kappa shape index (κ1) is 19.4. The zero-order valence-electron chi connectivity index (χ0n) is 15.2. The predicted octanol–water partition coefficient (Wildman–Crippen LogP) is 6.09. The Bertz CT molecular complexity index is 1150. The van der Waals surface area contributed by atoms with Gasteiger partial charge in [0.25, 0.3) is 11.6 Å². The Morgan fingerprint density at radius 3 is 2.66 bits per heavy atom. The SMILES string of the molecule is Cc1cccc(N2C(=O)c3cc(Br)ccc3N[C@@H]2c2ccc(Cl)c([N+](=O)[O-])c2)c1. The Morgan fingerprint density at radius 2 is 1.93 bits per heavy atom. The van der Waals surface area contributed by atoms with Crippen LogP contribution >= 0.6 is 27.5 Å². The van der Waals surface area contributed by atoms with Crippen molar-refractivity contribution in [2.75, 3.05) is 10.2 Å². The lowest BCUT2D eigenvalue weighted by atomic mass is 10.0. The summed E-state index contributed by atoms with van der Waals surface area (Å²) in [7, 11) is 0. The van der Waals surface area contributed by atoms with Gasteiger partial charge in [0.1, 0.15) is 11.2 Å². The summed E-state index contributed by atoms with van der Waals surface area (Å²) in [6.07, 6.45) is -0.631. The quantitative estimate of drug-likeness (QED) is 0.370. The smallest absolute Gasteiger partial charge is 0.288 e. The van der Waals surface area contributed by atoms with Crippen molar-refractivity contribution in [1.29, 1.82) is 0 Å². The summed E-state index contributed by atoms with van der Waals surface area (Å²) in [6.45, 7) is 1.94. The zero-order valence-corrected chi connectivity index (χ0v) is 17.6. The lowest BCUT2D eigenvalue weighted by molar-refractivity contribution is -0.384. The Balaban J connectivity index is 1.90. The summed E-state index contributed by atoms with van der Waals surface area (Å²) in [5.74, 6) is -0.201. The number of nitro groups is 1. The summed E-state index contributed by atoms with van der Waals surface area (Å²) in [4.78, 5) is 25.9. The van der Waals surface area contributed by atoms with E-state index < -0.39 is 11.1 Å². The van der Waals surface area contributed by atoms with Crippen LogP contribution in [0, 0.1) is 17.0 Å². The fraction of sp³-hybridized carbons (Fsp3) is 0.0952. The molecule has 3 aromatic rings. The van der Waals surface area contributed by atoms with Crippen LogP contribution in [0.5, 0.6) is 0 Å². The van der Waals surface area contributed by atoms with Crippen molar-refractivity contribution in [2.45, 2.75) is 13.1 Å². The van der Waals surface area contributed by atoms with Crippen LogP contribution in [0.4, 0.5) is 17.1 Å². The molecule has 29 heavy (non-hydrogen) atoms. The molecule has 1 heterocycles. The lowest BCUT2D eigenvalue weighted by Crippen LogP contribution is -2.43. The van der Waals surface area contributed by atoms with Gasteiger partial charge >= 0.3 is 0 Å². The van der Waals surface area contributed by atoms with E-state index in [1.165, 1.54) is 12.1 Å². The lowest BCUT2D eigenvalue weighted by Gasteiger charge is -2.38. The zero-order chi connectivity index (χ0) is 20.7. The highest BCUT2D eigenvalue weighted by molar-refractivity contribution is 9.10. The average Bonchev–Trinajstić information content (AvgIpc) is 2.68. The third-order valence-electron chi connectivity index (χ3n) is 4.74. The van der Waals surface area contributed by atoms with E-state index in [0.29, 0.717) is 22.5 Å². The molecule has 8 heteroatoms. The third-order valence-corrected chi connectivity index (χ3v) is 5.56. The van der Waals surface area contributed by atoms with Gasteiger partial charge in [0, 0.05) is 27.5 Å². The number of hydrogen-bond donors (Lipinski definition) is 1. The van der Waals surface area contributed by atoms with E-state index in [1.807, 2.05) is 43.3 Å². The first-order chi connectivity index (χ1) is 13.8. The number of aryl methyl sites for hydroxylation is 1. The van der Waals surface area contributed by atoms with E-state index in [0.717, 1.165) is 10.0 Å². The highest BCUT2D eigenvalue weighted by Crippen LogP contribution is 2.39. The monoisotopic (exact) mass is 471 g/mol. The van der Waals surface area contributed by atoms with Crippen molar-refractivity contribution in [3.8, 4) is 0 Å².